The maximum absolute atomic E-state index is 12.7. The Morgan fingerprint density at radius 2 is 2.00 bits per heavy atom. The molecule has 1 atom stereocenters. The molecule has 0 spiro atoms. The van der Waals surface area contributed by atoms with Crippen LogP contribution in [0.5, 0.6) is 11.5 Å². The predicted molar refractivity (Wildman–Crippen MR) is 94.4 cm³/mol. The van der Waals surface area contributed by atoms with Crippen LogP contribution in [0.15, 0.2) is 35.7 Å². The topological polar surface area (TPSA) is 67.9 Å². The number of hydrogen-bond donors (Lipinski definition) is 1. The number of anilines is 1. The lowest BCUT2D eigenvalue weighted by molar-refractivity contribution is -0.119. The summed E-state index contributed by atoms with van der Waals surface area (Å²) >= 11 is 1.40. The van der Waals surface area contributed by atoms with Gasteiger partial charge in [-0.2, -0.15) is 0 Å². The van der Waals surface area contributed by atoms with E-state index in [1.165, 1.54) is 11.3 Å². The van der Waals surface area contributed by atoms with Crippen LogP contribution in [0.3, 0.4) is 0 Å². The molecule has 1 aromatic carbocycles. The Labute approximate surface area is 149 Å². The second-order valence-electron chi connectivity index (χ2n) is 5.98. The summed E-state index contributed by atoms with van der Waals surface area (Å²) in [6.07, 6.45) is 1.50. The highest BCUT2D eigenvalue weighted by Gasteiger charge is 2.35. The summed E-state index contributed by atoms with van der Waals surface area (Å²) in [4.78, 5) is 27.6. The van der Waals surface area contributed by atoms with Crippen LogP contribution in [0.25, 0.3) is 0 Å². The van der Waals surface area contributed by atoms with Crippen LogP contribution in [0, 0.1) is 0 Å². The van der Waals surface area contributed by atoms with E-state index in [0.29, 0.717) is 48.2 Å². The van der Waals surface area contributed by atoms with Crippen LogP contribution >= 0.6 is 11.3 Å². The van der Waals surface area contributed by atoms with Gasteiger partial charge in [0.1, 0.15) is 19.3 Å². The van der Waals surface area contributed by atoms with E-state index in [1.807, 2.05) is 11.4 Å². The minimum Gasteiger partial charge on any atom is -0.486 e. The van der Waals surface area contributed by atoms with E-state index in [1.54, 1.807) is 29.2 Å². The summed E-state index contributed by atoms with van der Waals surface area (Å²) < 4.78 is 11.0. The number of likely N-dealkylation sites (tertiary alicyclic amines) is 1. The molecule has 0 radical (unpaired) electrons. The summed E-state index contributed by atoms with van der Waals surface area (Å²) in [6, 6.07) is 8.52. The summed E-state index contributed by atoms with van der Waals surface area (Å²) in [6.45, 7) is 1.63. The molecule has 6 nitrogen and oxygen atoms in total. The van der Waals surface area contributed by atoms with E-state index < -0.39 is 6.04 Å². The number of carbonyl (C=O) groups excluding carboxylic acids is 2. The molecule has 4 rings (SSSR count). The van der Waals surface area contributed by atoms with Crippen molar-refractivity contribution in [3.63, 3.8) is 0 Å². The van der Waals surface area contributed by atoms with Crippen molar-refractivity contribution in [2.75, 3.05) is 25.1 Å². The van der Waals surface area contributed by atoms with Gasteiger partial charge in [-0.05, 0) is 36.4 Å². The van der Waals surface area contributed by atoms with E-state index in [9.17, 15) is 9.59 Å². The number of benzene rings is 1. The van der Waals surface area contributed by atoms with Gasteiger partial charge in [0.15, 0.2) is 11.5 Å². The number of fused-ring (bicyclic) bond motifs is 1. The number of nitrogens with one attached hydrogen (secondary N) is 1. The molecule has 2 aromatic rings. The smallest absolute Gasteiger partial charge is 0.264 e. The van der Waals surface area contributed by atoms with Crippen molar-refractivity contribution in [2.45, 2.75) is 18.9 Å². The monoisotopic (exact) mass is 358 g/mol. The average molecular weight is 358 g/mol. The van der Waals surface area contributed by atoms with Crippen molar-refractivity contribution in [3.05, 3.63) is 40.6 Å². The number of carbonyl (C=O) groups is 2. The molecule has 1 saturated heterocycles. The molecular formula is C18H18N2O4S. The molecule has 1 N–H and O–H groups in total. The molecule has 0 bridgehead atoms. The zero-order valence-corrected chi connectivity index (χ0v) is 14.4. The van der Waals surface area contributed by atoms with E-state index in [2.05, 4.69) is 5.32 Å². The van der Waals surface area contributed by atoms with Gasteiger partial charge in [0.25, 0.3) is 5.91 Å². The molecule has 2 aliphatic heterocycles. The van der Waals surface area contributed by atoms with E-state index in [4.69, 9.17) is 9.47 Å². The number of hydrogen-bond acceptors (Lipinski definition) is 5. The second kappa shape index (κ2) is 6.76. The fraction of sp³-hybridized carbons (Fsp3) is 0.333. The minimum atomic E-state index is -0.442. The predicted octanol–water partition coefficient (Wildman–Crippen LogP) is 2.76. The quantitative estimate of drug-likeness (QED) is 0.916. The summed E-state index contributed by atoms with van der Waals surface area (Å²) in [5.74, 6) is 1.07. The Kier molecular flexibility index (Phi) is 4.31. The van der Waals surface area contributed by atoms with Crippen molar-refractivity contribution >= 4 is 28.8 Å². The van der Waals surface area contributed by atoms with Crippen LogP contribution in [0.1, 0.15) is 22.5 Å². The number of rotatable bonds is 3. The van der Waals surface area contributed by atoms with Crippen LogP contribution in [0.2, 0.25) is 0 Å². The maximum atomic E-state index is 12.7. The Hall–Kier alpha value is -2.54. The van der Waals surface area contributed by atoms with Crippen molar-refractivity contribution in [1.82, 2.24) is 4.90 Å². The van der Waals surface area contributed by atoms with Gasteiger partial charge in [-0.3, -0.25) is 9.59 Å². The zero-order chi connectivity index (χ0) is 17.2. The fourth-order valence-corrected chi connectivity index (χ4v) is 3.85. The van der Waals surface area contributed by atoms with Crippen LogP contribution in [-0.2, 0) is 4.79 Å². The molecule has 25 heavy (non-hydrogen) atoms. The normalized spacial score (nSPS) is 18.9. The second-order valence-corrected chi connectivity index (χ2v) is 6.93. The lowest BCUT2D eigenvalue weighted by Gasteiger charge is -2.24. The fourth-order valence-electron chi connectivity index (χ4n) is 3.17. The highest BCUT2D eigenvalue weighted by Crippen LogP contribution is 2.33. The van der Waals surface area contributed by atoms with Gasteiger partial charge in [0.2, 0.25) is 5.91 Å². The van der Waals surface area contributed by atoms with Crippen LogP contribution in [-0.4, -0.2) is 42.5 Å². The van der Waals surface area contributed by atoms with Gasteiger partial charge in [-0.25, -0.2) is 0 Å². The molecule has 1 fully saturated rings. The van der Waals surface area contributed by atoms with Crippen LogP contribution < -0.4 is 14.8 Å². The molecule has 1 aromatic heterocycles. The van der Waals surface area contributed by atoms with E-state index in [0.717, 1.165) is 6.42 Å². The molecule has 2 aliphatic rings. The van der Waals surface area contributed by atoms with Crippen LogP contribution in [0.4, 0.5) is 5.69 Å². The standard InChI is InChI=1S/C18H18N2O4S/c21-17(19-12-5-6-14-15(11-12)24-9-8-23-14)13-3-1-7-20(13)18(22)16-4-2-10-25-16/h2,4-6,10-11,13H,1,3,7-9H2,(H,19,21)/t13-/m0/s1. The third-order valence-corrected chi connectivity index (χ3v) is 5.22. The largest absolute Gasteiger partial charge is 0.486 e. The molecule has 7 heteroatoms. The van der Waals surface area contributed by atoms with Crippen molar-refractivity contribution in [3.8, 4) is 11.5 Å². The minimum absolute atomic E-state index is 0.0742. The van der Waals surface area contributed by atoms with E-state index in [-0.39, 0.29) is 11.8 Å². The SMILES string of the molecule is O=C(Nc1ccc2c(c1)OCCO2)[C@@H]1CCCN1C(=O)c1cccs1. The lowest BCUT2D eigenvalue weighted by atomic mass is 10.2. The molecule has 130 valence electrons. The highest BCUT2D eigenvalue weighted by molar-refractivity contribution is 7.12. The van der Waals surface area contributed by atoms with E-state index >= 15 is 0 Å². The highest BCUT2D eigenvalue weighted by atomic mass is 32.1. The number of thiophene rings is 1. The molecule has 2 amide bonds. The van der Waals surface area contributed by atoms with Gasteiger partial charge >= 0.3 is 0 Å². The van der Waals surface area contributed by atoms with Crippen molar-refractivity contribution in [1.29, 1.82) is 0 Å². The third kappa shape index (κ3) is 3.19. The zero-order valence-electron chi connectivity index (χ0n) is 13.6. The number of amides is 2. The van der Waals surface area contributed by atoms with Gasteiger partial charge in [-0.15, -0.1) is 11.3 Å². The lowest BCUT2D eigenvalue weighted by Crippen LogP contribution is -2.42. The number of nitrogens with zero attached hydrogens (tertiary/aromatic N) is 1. The Morgan fingerprint density at radius 1 is 1.16 bits per heavy atom. The Balaban J connectivity index is 1.47. The van der Waals surface area contributed by atoms with Gasteiger partial charge < -0.3 is 19.7 Å². The van der Waals surface area contributed by atoms with Crippen molar-refractivity contribution in [2.24, 2.45) is 0 Å². The van der Waals surface area contributed by atoms with Gasteiger partial charge in [0, 0.05) is 18.3 Å². The Morgan fingerprint density at radius 3 is 2.80 bits per heavy atom. The first kappa shape index (κ1) is 16.0. The molecule has 0 aliphatic carbocycles. The average Bonchev–Trinajstić information content (AvgIpc) is 3.33. The molecule has 3 heterocycles. The molecular weight excluding hydrogens is 340 g/mol. The number of ether oxygens (including phenoxy) is 2. The summed E-state index contributed by atoms with van der Waals surface area (Å²) in [5.41, 5.74) is 0.643. The molecule has 0 unspecified atom stereocenters. The summed E-state index contributed by atoms with van der Waals surface area (Å²) in [7, 11) is 0. The third-order valence-electron chi connectivity index (χ3n) is 4.36. The summed E-state index contributed by atoms with van der Waals surface area (Å²) in [5, 5.41) is 4.77. The first-order valence-corrected chi connectivity index (χ1v) is 9.15. The molecule has 0 saturated carbocycles. The first-order valence-electron chi connectivity index (χ1n) is 8.27. The van der Waals surface area contributed by atoms with Gasteiger partial charge in [0.05, 0.1) is 4.88 Å². The van der Waals surface area contributed by atoms with Gasteiger partial charge in [-0.1, -0.05) is 6.07 Å². The maximum Gasteiger partial charge on any atom is 0.264 e. The Bertz CT molecular complexity index is 790. The van der Waals surface area contributed by atoms with Crippen molar-refractivity contribution < 1.29 is 19.1 Å². The first-order chi connectivity index (χ1) is 12.2.